The van der Waals surface area contributed by atoms with Crippen molar-refractivity contribution in [2.75, 3.05) is 13.2 Å². The van der Waals surface area contributed by atoms with E-state index in [9.17, 15) is 9.59 Å². The van der Waals surface area contributed by atoms with E-state index < -0.39 is 6.04 Å². The lowest BCUT2D eigenvalue weighted by atomic mass is 10.1. The van der Waals surface area contributed by atoms with Crippen molar-refractivity contribution >= 4 is 23.2 Å². The summed E-state index contributed by atoms with van der Waals surface area (Å²) in [6, 6.07) is 9.89. The molecule has 4 aromatic rings. The molecule has 1 aliphatic rings. The minimum Gasteiger partial charge on any atom is -0.464 e. The van der Waals surface area contributed by atoms with E-state index in [0.29, 0.717) is 30.4 Å². The zero-order valence-electron chi connectivity index (χ0n) is 20.6. The van der Waals surface area contributed by atoms with E-state index in [1.165, 1.54) is 21.0 Å². The predicted molar refractivity (Wildman–Crippen MR) is 133 cm³/mol. The molecule has 0 spiro atoms. The minimum atomic E-state index is -0.986. The highest BCUT2D eigenvalue weighted by Crippen LogP contribution is 2.27. The molecular formula is C25H28N6O5S. The average Bonchev–Trinajstić information content (AvgIpc) is 3.69. The van der Waals surface area contributed by atoms with E-state index in [2.05, 4.69) is 20.7 Å². The molecule has 2 amide bonds. The second kappa shape index (κ2) is 11.1. The van der Waals surface area contributed by atoms with Gasteiger partial charge in [-0.2, -0.15) is 4.80 Å². The Hall–Kier alpha value is -3.77. The standard InChI is InChI=1S/C25H28N6O5S/c1-16-7-9-20(35-16)23(25(33)26-13-18-5-3-11-34-18)30(14-19-6-4-12-37-19)22(32)15-31-28-24(27-29-31)21-10-8-17(2)36-21/h4,6-10,12,18,23H,3,5,11,13-15H2,1-2H3,(H,26,33)/t18-,23-/m1/s1. The lowest BCUT2D eigenvalue weighted by Gasteiger charge is -2.29. The summed E-state index contributed by atoms with van der Waals surface area (Å²) >= 11 is 1.50. The van der Waals surface area contributed by atoms with Crippen LogP contribution >= 0.6 is 11.3 Å². The molecule has 0 radical (unpaired) electrons. The van der Waals surface area contributed by atoms with Crippen LogP contribution in [0.3, 0.4) is 0 Å². The number of hydrogen-bond acceptors (Lipinski definition) is 9. The van der Waals surface area contributed by atoms with Gasteiger partial charge in [0.25, 0.3) is 5.91 Å². The number of tetrazole rings is 1. The molecule has 37 heavy (non-hydrogen) atoms. The fourth-order valence-electron chi connectivity index (χ4n) is 4.21. The van der Waals surface area contributed by atoms with Gasteiger partial charge in [0.1, 0.15) is 23.8 Å². The number of carbonyl (C=O) groups excluding carboxylic acids is 2. The Morgan fingerprint density at radius 3 is 2.70 bits per heavy atom. The fourth-order valence-corrected chi connectivity index (χ4v) is 4.91. The van der Waals surface area contributed by atoms with Gasteiger partial charge in [0.2, 0.25) is 11.7 Å². The van der Waals surface area contributed by atoms with Gasteiger partial charge in [-0.1, -0.05) is 6.07 Å². The monoisotopic (exact) mass is 524 g/mol. The van der Waals surface area contributed by atoms with Crippen molar-refractivity contribution in [3.8, 4) is 11.6 Å². The Bertz CT molecular complexity index is 1340. The van der Waals surface area contributed by atoms with Crippen LogP contribution in [-0.4, -0.2) is 56.2 Å². The van der Waals surface area contributed by atoms with Crippen molar-refractivity contribution in [1.82, 2.24) is 30.4 Å². The summed E-state index contributed by atoms with van der Waals surface area (Å²) in [4.78, 5) is 30.9. The number of ether oxygens (including phenoxy) is 1. The van der Waals surface area contributed by atoms with Crippen LogP contribution in [0.25, 0.3) is 11.6 Å². The molecule has 0 saturated carbocycles. The van der Waals surface area contributed by atoms with Crippen LogP contribution in [0.1, 0.15) is 41.0 Å². The summed E-state index contributed by atoms with van der Waals surface area (Å²) in [5, 5.41) is 17.2. The van der Waals surface area contributed by atoms with Gasteiger partial charge < -0.3 is 23.8 Å². The number of hydrogen-bond donors (Lipinski definition) is 1. The molecule has 4 aromatic heterocycles. The zero-order chi connectivity index (χ0) is 25.8. The van der Waals surface area contributed by atoms with Gasteiger partial charge in [-0.3, -0.25) is 9.59 Å². The Morgan fingerprint density at radius 2 is 2.03 bits per heavy atom. The summed E-state index contributed by atoms with van der Waals surface area (Å²) in [5.41, 5.74) is 0. The van der Waals surface area contributed by atoms with Crippen LogP contribution < -0.4 is 5.32 Å². The number of nitrogens with one attached hydrogen (secondary N) is 1. The summed E-state index contributed by atoms with van der Waals surface area (Å²) in [7, 11) is 0. The molecule has 0 unspecified atom stereocenters. The molecule has 0 aliphatic carbocycles. The quantitative estimate of drug-likeness (QED) is 0.335. The molecule has 1 aliphatic heterocycles. The molecular weight excluding hydrogens is 496 g/mol. The van der Waals surface area contributed by atoms with Crippen LogP contribution in [0.2, 0.25) is 0 Å². The third kappa shape index (κ3) is 5.97. The lowest BCUT2D eigenvalue weighted by Crippen LogP contribution is -2.46. The Balaban J connectivity index is 1.40. The van der Waals surface area contributed by atoms with E-state index in [-0.39, 0.29) is 36.8 Å². The molecule has 2 atom stereocenters. The summed E-state index contributed by atoms with van der Waals surface area (Å²) in [5.74, 6) is 1.78. The first-order chi connectivity index (χ1) is 18.0. The highest BCUT2D eigenvalue weighted by Gasteiger charge is 2.35. The first-order valence-corrected chi connectivity index (χ1v) is 13.0. The second-order valence-electron chi connectivity index (χ2n) is 8.89. The first-order valence-electron chi connectivity index (χ1n) is 12.1. The van der Waals surface area contributed by atoms with Crippen molar-refractivity contribution in [2.24, 2.45) is 0 Å². The lowest BCUT2D eigenvalue weighted by molar-refractivity contribution is -0.143. The maximum atomic E-state index is 13.7. The van der Waals surface area contributed by atoms with Crippen molar-refractivity contribution in [1.29, 1.82) is 0 Å². The van der Waals surface area contributed by atoms with Gasteiger partial charge in [-0.25, -0.2) is 0 Å². The van der Waals surface area contributed by atoms with E-state index in [1.54, 1.807) is 31.2 Å². The number of aryl methyl sites for hydroxylation is 2. The van der Waals surface area contributed by atoms with Crippen molar-refractivity contribution in [2.45, 2.75) is 51.9 Å². The van der Waals surface area contributed by atoms with Crippen LogP contribution in [0.5, 0.6) is 0 Å². The highest BCUT2D eigenvalue weighted by atomic mass is 32.1. The van der Waals surface area contributed by atoms with Gasteiger partial charge >= 0.3 is 0 Å². The van der Waals surface area contributed by atoms with E-state index in [0.717, 1.165) is 23.5 Å². The number of aromatic nitrogens is 4. The van der Waals surface area contributed by atoms with Gasteiger partial charge in [0.15, 0.2) is 11.8 Å². The predicted octanol–water partition coefficient (Wildman–Crippen LogP) is 3.27. The first kappa shape index (κ1) is 24.9. The molecule has 194 valence electrons. The molecule has 5 heterocycles. The molecule has 1 saturated heterocycles. The van der Waals surface area contributed by atoms with Crippen LogP contribution in [-0.2, 0) is 27.4 Å². The smallest absolute Gasteiger partial charge is 0.250 e. The Kier molecular flexibility index (Phi) is 7.47. The molecule has 0 aromatic carbocycles. The van der Waals surface area contributed by atoms with Crippen LogP contribution in [0.15, 0.2) is 50.6 Å². The van der Waals surface area contributed by atoms with Crippen molar-refractivity contribution in [3.05, 3.63) is 63.9 Å². The molecule has 1 N–H and O–H groups in total. The zero-order valence-corrected chi connectivity index (χ0v) is 21.4. The van der Waals surface area contributed by atoms with Crippen LogP contribution in [0, 0.1) is 13.8 Å². The number of amides is 2. The van der Waals surface area contributed by atoms with Gasteiger partial charge in [-0.15, -0.1) is 21.5 Å². The van der Waals surface area contributed by atoms with Crippen molar-refractivity contribution in [3.63, 3.8) is 0 Å². The summed E-state index contributed by atoms with van der Waals surface area (Å²) in [6.07, 6.45) is 1.82. The van der Waals surface area contributed by atoms with E-state index >= 15 is 0 Å². The Labute approximate surface area is 217 Å². The van der Waals surface area contributed by atoms with Gasteiger partial charge in [0.05, 0.1) is 12.6 Å². The molecule has 11 nitrogen and oxygen atoms in total. The molecule has 12 heteroatoms. The SMILES string of the molecule is Cc1ccc(-c2nnn(CC(=O)N(Cc3cccs3)[C@@H](C(=O)NC[C@H]3CCCO3)c3ccc(C)o3)n2)o1. The normalized spacial score (nSPS) is 16.1. The number of thiophene rings is 1. The van der Waals surface area contributed by atoms with Crippen LogP contribution in [0.4, 0.5) is 0 Å². The van der Waals surface area contributed by atoms with E-state index in [4.69, 9.17) is 13.6 Å². The topological polar surface area (TPSA) is 129 Å². The highest BCUT2D eigenvalue weighted by molar-refractivity contribution is 7.09. The number of nitrogens with zero attached hydrogens (tertiary/aromatic N) is 5. The maximum Gasteiger partial charge on any atom is 0.250 e. The number of furan rings is 2. The van der Waals surface area contributed by atoms with Gasteiger partial charge in [-0.05, 0) is 67.6 Å². The maximum absolute atomic E-state index is 13.7. The van der Waals surface area contributed by atoms with Crippen molar-refractivity contribution < 1.29 is 23.2 Å². The van der Waals surface area contributed by atoms with E-state index in [1.807, 2.05) is 24.4 Å². The number of carbonyl (C=O) groups is 2. The third-order valence-electron chi connectivity index (χ3n) is 6.04. The molecule has 5 rings (SSSR count). The Morgan fingerprint density at radius 1 is 1.19 bits per heavy atom. The summed E-state index contributed by atoms with van der Waals surface area (Å²) < 4.78 is 17.1. The molecule has 1 fully saturated rings. The minimum absolute atomic E-state index is 0.0348. The number of rotatable bonds is 10. The average molecular weight is 525 g/mol. The fraction of sp³-hybridized carbons (Fsp3) is 0.400. The summed E-state index contributed by atoms with van der Waals surface area (Å²) in [6.45, 7) is 4.68. The second-order valence-corrected chi connectivity index (χ2v) is 9.92. The van der Waals surface area contributed by atoms with Gasteiger partial charge in [0, 0.05) is 18.0 Å². The largest absolute Gasteiger partial charge is 0.464 e. The molecule has 0 bridgehead atoms. The third-order valence-corrected chi connectivity index (χ3v) is 6.90.